The van der Waals surface area contributed by atoms with Crippen LogP contribution in [0.1, 0.15) is 10.6 Å². The number of hydrogen-bond acceptors (Lipinski definition) is 6. The number of phenols is 2. The zero-order chi connectivity index (χ0) is 16.6. The van der Waals surface area contributed by atoms with Gasteiger partial charge < -0.3 is 10.2 Å². The first-order valence-electron chi connectivity index (χ1n) is 6.38. The molecule has 1 aromatic heterocycles. The molecule has 2 aromatic carbocycles. The molecule has 0 bridgehead atoms. The van der Waals surface area contributed by atoms with Crippen molar-refractivity contribution >= 4 is 51.0 Å². The van der Waals surface area contributed by atoms with E-state index in [-0.39, 0.29) is 22.2 Å². The van der Waals surface area contributed by atoms with Crippen molar-refractivity contribution in [1.29, 1.82) is 0 Å². The molecule has 0 amide bonds. The molecule has 0 atom stereocenters. The van der Waals surface area contributed by atoms with Gasteiger partial charge in [-0.25, -0.2) is 4.98 Å². The van der Waals surface area contributed by atoms with Crippen LogP contribution in [0, 0.1) is 10.1 Å². The second kappa shape index (κ2) is 5.86. The molecule has 0 aliphatic heterocycles. The average molecular weight is 349 g/mol. The van der Waals surface area contributed by atoms with E-state index >= 15 is 0 Å². The second-order valence-electron chi connectivity index (χ2n) is 4.67. The van der Waals surface area contributed by atoms with Crippen LogP contribution in [-0.4, -0.2) is 20.1 Å². The lowest BCUT2D eigenvalue weighted by Crippen LogP contribution is -1.85. The summed E-state index contributed by atoms with van der Waals surface area (Å²) in [5.41, 5.74) is 1.29. The first kappa shape index (κ1) is 15.3. The van der Waals surface area contributed by atoms with Gasteiger partial charge in [0, 0.05) is 12.1 Å². The summed E-state index contributed by atoms with van der Waals surface area (Å²) in [5, 5.41) is 30.4. The van der Waals surface area contributed by atoms with E-state index in [9.17, 15) is 20.3 Å². The zero-order valence-corrected chi connectivity index (χ0v) is 13.0. The van der Waals surface area contributed by atoms with Crippen LogP contribution in [0.5, 0.6) is 11.5 Å². The molecule has 0 fully saturated rings. The Kier molecular flexibility index (Phi) is 3.89. The summed E-state index contributed by atoms with van der Waals surface area (Å²) in [6, 6.07) is 7.37. The number of rotatable bonds is 3. The summed E-state index contributed by atoms with van der Waals surface area (Å²) >= 11 is 7.10. The Morgan fingerprint density at radius 1 is 1.22 bits per heavy atom. The lowest BCUT2D eigenvalue weighted by Gasteiger charge is -2.01. The molecular weight excluding hydrogens is 340 g/mol. The quantitative estimate of drug-likeness (QED) is 0.414. The van der Waals surface area contributed by atoms with Crippen LogP contribution in [-0.2, 0) is 0 Å². The lowest BCUT2D eigenvalue weighted by molar-refractivity contribution is -0.384. The molecule has 0 aliphatic rings. The van der Waals surface area contributed by atoms with Crippen LogP contribution in [0.3, 0.4) is 0 Å². The zero-order valence-electron chi connectivity index (χ0n) is 11.4. The Labute approximate surface area is 139 Å². The Balaban J connectivity index is 1.93. The van der Waals surface area contributed by atoms with Crippen LogP contribution in [0.4, 0.5) is 5.69 Å². The van der Waals surface area contributed by atoms with Crippen molar-refractivity contribution in [2.24, 2.45) is 0 Å². The number of thiazole rings is 1. The molecule has 3 aromatic rings. The number of aromatic nitrogens is 1. The van der Waals surface area contributed by atoms with E-state index in [0.29, 0.717) is 20.8 Å². The number of nitrogens with zero attached hydrogens (tertiary/aromatic N) is 2. The highest BCUT2D eigenvalue weighted by molar-refractivity contribution is 7.19. The SMILES string of the molecule is O=[N+]([O-])c1ccc2nc(/C=C/c3cc(O)c(O)c(Cl)c3)sc2c1. The highest BCUT2D eigenvalue weighted by Gasteiger charge is 2.09. The summed E-state index contributed by atoms with van der Waals surface area (Å²) in [6.45, 7) is 0. The number of aromatic hydroxyl groups is 2. The fraction of sp³-hybridized carbons (Fsp3) is 0. The first-order chi connectivity index (χ1) is 10.9. The molecule has 0 saturated heterocycles. The molecule has 6 nitrogen and oxygen atoms in total. The van der Waals surface area contributed by atoms with Gasteiger partial charge in [-0.1, -0.05) is 17.7 Å². The number of benzene rings is 2. The van der Waals surface area contributed by atoms with E-state index in [0.717, 1.165) is 0 Å². The monoisotopic (exact) mass is 348 g/mol. The van der Waals surface area contributed by atoms with Crippen molar-refractivity contribution in [2.75, 3.05) is 0 Å². The van der Waals surface area contributed by atoms with E-state index in [1.807, 2.05) is 0 Å². The average Bonchev–Trinajstić information content (AvgIpc) is 2.92. The maximum Gasteiger partial charge on any atom is 0.270 e. The Morgan fingerprint density at radius 3 is 2.70 bits per heavy atom. The van der Waals surface area contributed by atoms with Gasteiger partial charge >= 0.3 is 0 Å². The summed E-state index contributed by atoms with van der Waals surface area (Å²) < 4.78 is 0.713. The number of halogens is 1. The maximum absolute atomic E-state index is 10.8. The van der Waals surface area contributed by atoms with Crippen LogP contribution >= 0.6 is 22.9 Å². The van der Waals surface area contributed by atoms with Gasteiger partial charge in [0.25, 0.3) is 5.69 Å². The van der Waals surface area contributed by atoms with Crippen LogP contribution in [0.15, 0.2) is 30.3 Å². The molecule has 0 radical (unpaired) electrons. The summed E-state index contributed by atoms with van der Waals surface area (Å²) in [5.74, 6) is -0.673. The molecule has 2 N–H and O–H groups in total. The molecular formula is C15H9ClN2O4S. The summed E-state index contributed by atoms with van der Waals surface area (Å²) in [4.78, 5) is 14.7. The number of fused-ring (bicyclic) bond motifs is 1. The molecule has 0 unspecified atom stereocenters. The maximum atomic E-state index is 10.8. The molecule has 116 valence electrons. The molecule has 0 spiro atoms. The molecule has 23 heavy (non-hydrogen) atoms. The third kappa shape index (κ3) is 3.10. The van der Waals surface area contributed by atoms with Crippen molar-refractivity contribution in [1.82, 2.24) is 4.98 Å². The number of phenolic OH excluding ortho intramolecular Hbond substituents is 2. The van der Waals surface area contributed by atoms with E-state index < -0.39 is 4.92 Å². The highest BCUT2D eigenvalue weighted by Crippen LogP contribution is 2.35. The van der Waals surface area contributed by atoms with E-state index in [4.69, 9.17) is 11.6 Å². The van der Waals surface area contributed by atoms with Crippen LogP contribution in [0.25, 0.3) is 22.4 Å². The number of hydrogen-bond donors (Lipinski definition) is 2. The predicted octanol–water partition coefficient (Wildman–Crippen LogP) is 4.44. The second-order valence-corrected chi connectivity index (χ2v) is 6.13. The van der Waals surface area contributed by atoms with Gasteiger partial charge in [-0.15, -0.1) is 11.3 Å². The summed E-state index contributed by atoms with van der Waals surface area (Å²) in [6.07, 6.45) is 3.38. The van der Waals surface area contributed by atoms with Crippen molar-refractivity contribution in [3.05, 3.63) is 56.0 Å². The van der Waals surface area contributed by atoms with E-state index in [1.54, 1.807) is 18.2 Å². The van der Waals surface area contributed by atoms with Gasteiger partial charge in [-0.3, -0.25) is 10.1 Å². The molecule has 0 saturated carbocycles. The van der Waals surface area contributed by atoms with Gasteiger partial charge in [0.1, 0.15) is 5.01 Å². The number of non-ortho nitro benzene ring substituents is 1. The first-order valence-corrected chi connectivity index (χ1v) is 7.58. The van der Waals surface area contributed by atoms with Gasteiger partial charge in [-0.2, -0.15) is 0 Å². The topological polar surface area (TPSA) is 96.5 Å². The van der Waals surface area contributed by atoms with Crippen molar-refractivity contribution in [3.8, 4) is 11.5 Å². The van der Waals surface area contributed by atoms with Gasteiger partial charge in [0.05, 0.1) is 20.2 Å². The molecule has 8 heteroatoms. The van der Waals surface area contributed by atoms with Crippen LogP contribution in [0.2, 0.25) is 5.02 Å². The number of nitro benzene ring substituents is 1. The van der Waals surface area contributed by atoms with Crippen molar-refractivity contribution in [2.45, 2.75) is 0 Å². The van der Waals surface area contributed by atoms with Gasteiger partial charge in [0.15, 0.2) is 11.5 Å². The predicted molar refractivity (Wildman–Crippen MR) is 90.0 cm³/mol. The molecule has 0 aliphatic carbocycles. The largest absolute Gasteiger partial charge is 0.504 e. The third-order valence-corrected chi connectivity index (χ3v) is 4.35. The molecule has 1 heterocycles. The minimum Gasteiger partial charge on any atom is -0.504 e. The van der Waals surface area contributed by atoms with Crippen LogP contribution < -0.4 is 0 Å². The number of nitro groups is 1. The fourth-order valence-electron chi connectivity index (χ4n) is 1.98. The van der Waals surface area contributed by atoms with Gasteiger partial charge in [-0.05, 0) is 29.8 Å². The minimum atomic E-state index is -0.449. The van der Waals surface area contributed by atoms with E-state index in [1.165, 1.54) is 35.6 Å². The van der Waals surface area contributed by atoms with Gasteiger partial charge in [0.2, 0.25) is 0 Å². The Bertz CT molecular complexity index is 929. The standard InChI is InChI=1S/C15H9ClN2O4S/c16-10-5-8(6-12(19)15(10)20)1-4-14-17-11-3-2-9(18(21)22)7-13(11)23-14/h1-7,19-20H/b4-1+. The Morgan fingerprint density at radius 2 is 2.00 bits per heavy atom. The lowest BCUT2D eigenvalue weighted by atomic mass is 10.2. The normalized spacial score (nSPS) is 11.3. The van der Waals surface area contributed by atoms with Crippen molar-refractivity contribution < 1.29 is 15.1 Å². The molecule has 3 rings (SSSR count). The van der Waals surface area contributed by atoms with E-state index in [2.05, 4.69) is 4.98 Å². The minimum absolute atomic E-state index is 0.0203. The third-order valence-electron chi connectivity index (χ3n) is 3.08. The fourth-order valence-corrected chi connectivity index (χ4v) is 3.11. The highest BCUT2D eigenvalue weighted by atomic mass is 35.5. The van der Waals surface area contributed by atoms with Crippen molar-refractivity contribution in [3.63, 3.8) is 0 Å². The smallest absolute Gasteiger partial charge is 0.270 e. The summed E-state index contributed by atoms with van der Waals surface area (Å²) in [7, 11) is 0. The Hall–Kier alpha value is -2.64.